The summed E-state index contributed by atoms with van der Waals surface area (Å²) in [4.78, 5) is 4.18. The van der Waals surface area contributed by atoms with E-state index in [1.165, 1.54) is 6.33 Å². The van der Waals surface area contributed by atoms with Crippen LogP contribution >= 0.6 is 15.9 Å². The number of nitrogens with zero attached hydrogens (tertiary/aromatic N) is 3. The van der Waals surface area contributed by atoms with Crippen molar-refractivity contribution < 1.29 is 4.74 Å². The number of ether oxygens (including phenoxy) is 1. The van der Waals surface area contributed by atoms with E-state index in [4.69, 9.17) is 10.5 Å². The molecule has 0 spiro atoms. The maximum Gasteiger partial charge on any atom is 0.165 e. The van der Waals surface area contributed by atoms with Crippen LogP contribution in [0.15, 0.2) is 29.0 Å². The average molecular weight is 311 g/mol. The second-order valence-corrected chi connectivity index (χ2v) is 5.14. The third-order valence-electron chi connectivity index (χ3n) is 2.40. The van der Waals surface area contributed by atoms with Gasteiger partial charge in [-0.3, -0.25) is 0 Å². The smallest absolute Gasteiger partial charge is 0.165 e. The standard InChI is InChI=1S/C12H15BrN4O/c1-8(2)17-12(15-7-16-17)6-18-11-4-9(13)3-10(14)5-11/h3-5,7-8H,6,14H2,1-2H3. The zero-order chi connectivity index (χ0) is 13.1. The average Bonchev–Trinajstić information content (AvgIpc) is 2.73. The van der Waals surface area contributed by atoms with E-state index in [9.17, 15) is 0 Å². The molecule has 0 saturated heterocycles. The van der Waals surface area contributed by atoms with Crippen LogP contribution in [0.1, 0.15) is 25.7 Å². The fourth-order valence-electron chi connectivity index (χ4n) is 1.62. The maximum absolute atomic E-state index is 5.74. The number of anilines is 1. The number of hydrogen-bond acceptors (Lipinski definition) is 4. The number of rotatable bonds is 4. The molecule has 0 saturated carbocycles. The molecule has 0 aliphatic carbocycles. The van der Waals surface area contributed by atoms with Crippen molar-refractivity contribution in [3.05, 3.63) is 34.8 Å². The van der Waals surface area contributed by atoms with Gasteiger partial charge in [0.1, 0.15) is 18.7 Å². The van der Waals surface area contributed by atoms with E-state index >= 15 is 0 Å². The Hall–Kier alpha value is -1.56. The topological polar surface area (TPSA) is 66.0 Å². The van der Waals surface area contributed by atoms with E-state index in [0.29, 0.717) is 18.0 Å². The molecule has 0 amide bonds. The van der Waals surface area contributed by atoms with Crippen LogP contribution in [-0.4, -0.2) is 14.8 Å². The molecule has 2 N–H and O–H groups in total. The van der Waals surface area contributed by atoms with Gasteiger partial charge in [-0.25, -0.2) is 9.67 Å². The van der Waals surface area contributed by atoms with Gasteiger partial charge in [-0.1, -0.05) is 15.9 Å². The number of aromatic nitrogens is 3. The second kappa shape index (κ2) is 5.39. The molecule has 1 aromatic heterocycles. The third kappa shape index (κ3) is 3.01. The van der Waals surface area contributed by atoms with Crippen molar-refractivity contribution >= 4 is 21.6 Å². The van der Waals surface area contributed by atoms with Gasteiger partial charge >= 0.3 is 0 Å². The van der Waals surface area contributed by atoms with Gasteiger partial charge in [0.25, 0.3) is 0 Å². The zero-order valence-corrected chi connectivity index (χ0v) is 11.9. The van der Waals surface area contributed by atoms with Crippen molar-refractivity contribution in [3.8, 4) is 5.75 Å². The Morgan fingerprint density at radius 2 is 2.17 bits per heavy atom. The van der Waals surface area contributed by atoms with E-state index in [1.807, 2.05) is 16.8 Å². The van der Waals surface area contributed by atoms with Crippen LogP contribution < -0.4 is 10.5 Å². The highest BCUT2D eigenvalue weighted by Crippen LogP contribution is 2.23. The number of hydrogen-bond donors (Lipinski definition) is 1. The highest BCUT2D eigenvalue weighted by Gasteiger charge is 2.08. The summed E-state index contributed by atoms with van der Waals surface area (Å²) in [6, 6.07) is 5.73. The molecule has 1 heterocycles. The highest BCUT2D eigenvalue weighted by atomic mass is 79.9. The molecule has 0 fully saturated rings. The first-order valence-corrected chi connectivity index (χ1v) is 6.43. The molecule has 2 rings (SSSR count). The summed E-state index contributed by atoms with van der Waals surface area (Å²) in [5, 5.41) is 4.15. The lowest BCUT2D eigenvalue weighted by Crippen LogP contribution is -2.10. The molecular weight excluding hydrogens is 296 g/mol. The first-order valence-electron chi connectivity index (χ1n) is 5.63. The molecule has 0 atom stereocenters. The predicted octanol–water partition coefficient (Wildman–Crippen LogP) is 2.78. The molecule has 0 bridgehead atoms. The number of nitrogen functional groups attached to an aromatic ring is 1. The van der Waals surface area contributed by atoms with Crippen molar-refractivity contribution in [1.82, 2.24) is 14.8 Å². The Morgan fingerprint density at radius 3 is 2.83 bits per heavy atom. The summed E-state index contributed by atoms with van der Waals surface area (Å²) in [6.45, 7) is 4.47. The van der Waals surface area contributed by atoms with Crippen molar-refractivity contribution in [1.29, 1.82) is 0 Å². The predicted molar refractivity (Wildman–Crippen MR) is 73.3 cm³/mol. The Labute approximate surface area is 114 Å². The summed E-state index contributed by atoms with van der Waals surface area (Å²) in [7, 11) is 0. The molecule has 5 nitrogen and oxygen atoms in total. The third-order valence-corrected chi connectivity index (χ3v) is 2.86. The fraction of sp³-hybridized carbons (Fsp3) is 0.333. The summed E-state index contributed by atoms with van der Waals surface area (Å²) in [5.41, 5.74) is 6.40. The minimum absolute atomic E-state index is 0.263. The molecule has 1 aromatic carbocycles. The van der Waals surface area contributed by atoms with Crippen LogP contribution in [0.4, 0.5) is 5.69 Å². The maximum atomic E-state index is 5.74. The monoisotopic (exact) mass is 310 g/mol. The fourth-order valence-corrected chi connectivity index (χ4v) is 2.11. The molecule has 0 radical (unpaired) electrons. The lowest BCUT2D eigenvalue weighted by Gasteiger charge is -2.11. The molecule has 2 aromatic rings. The van der Waals surface area contributed by atoms with Gasteiger partial charge in [0.05, 0.1) is 0 Å². The molecule has 0 aliphatic heterocycles. The van der Waals surface area contributed by atoms with Crippen molar-refractivity contribution in [2.75, 3.05) is 5.73 Å². The lowest BCUT2D eigenvalue weighted by molar-refractivity contribution is 0.282. The van der Waals surface area contributed by atoms with Gasteiger partial charge in [0.2, 0.25) is 0 Å². The molecule has 18 heavy (non-hydrogen) atoms. The van der Waals surface area contributed by atoms with Crippen molar-refractivity contribution in [3.63, 3.8) is 0 Å². The summed E-state index contributed by atoms with van der Waals surface area (Å²) in [5.74, 6) is 1.50. The quantitative estimate of drug-likeness (QED) is 0.882. The number of halogens is 1. The van der Waals surface area contributed by atoms with E-state index in [2.05, 4.69) is 39.9 Å². The van der Waals surface area contributed by atoms with Gasteiger partial charge in [0, 0.05) is 22.3 Å². The first-order chi connectivity index (χ1) is 8.56. The second-order valence-electron chi connectivity index (χ2n) is 4.22. The van der Waals surface area contributed by atoms with Crippen LogP contribution in [-0.2, 0) is 6.61 Å². The van der Waals surface area contributed by atoms with Crippen molar-refractivity contribution in [2.24, 2.45) is 0 Å². The largest absolute Gasteiger partial charge is 0.486 e. The number of benzene rings is 1. The number of nitrogens with two attached hydrogens (primary N) is 1. The van der Waals surface area contributed by atoms with Crippen molar-refractivity contribution in [2.45, 2.75) is 26.5 Å². The van der Waals surface area contributed by atoms with Crippen LogP contribution in [0.3, 0.4) is 0 Å². The van der Waals surface area contributed by atoms with E-state index in [1.54, 1.807) is 6.07 Å². The van der Waals surface area contributed by atoms with Gasteiger partial charge in [-0.05, 0) is 26.0 Å². The van der Waals surface area contributed by atoms with E-state index < -0.39 is 0 Å². The highest BCUT2D eigenvalue weighted by molar-refractivity contribution is 9.10. The van der Waals surface area contributed by atoms with Crippen LogP contribution in [0.2, 0.25) is 0 Å². The van der Waals surface area contributed by atoms with E-state index in [0.717, 1.165) is 10.3 Å². The SMILES string of the molecule is CC(C)n1ncnc1COc1cc(N)cc(Br)c1. The zero-order valence-electron chi connectivity index (χ0n) is 10.3. The minimum Gasteiger partial charge on any atom is -0.486 e. The summed E-state index contributed by atoms with van der Waals surface area (Å²) >= 11 is 3.38. The van der Waals surface area contributed by atoms with Gasteiger partial charge < -0.3 is 10.5 Å². The molecule has 0 unspecified atom stereocenters. The van der Waals surface area contributed by atoms with Crippen LogP contribution in [0.25, 0.3) is 0 Å². The normalized spacial score (nSPS) is 10.9. The summed E-state index contributed by atoms with van der Waals surface area (Å²) in [6.07, 6.45) is 1.54. The Kier molecular flexibility index (Phi) is 3.86. The minimum atomic E-state index is 0.263. The van der Waals surface area contributed by atoms with Gasteiger partial charge in [-0.2, -0.15) is 5.10 Å². The molecule has 6 heteroatoms. The van der Waals surface area contributed by atoms with Gasteiger partial charge in [-0.15, -0.1) is 0 Å². The lowest BCUT2D eigenvalue weighted by atomic mass is 10.3. The molecule has 0 aliphatic rings. The Balaban J connectivity index is 2.09. The molecule has 96 valence electrons. The Bertz CT molecular complexity index is 518. The van der Waals surface area contributed by atoms with Crippen LogP contribution in [0, 0.1) is 0 Å². The molecular formula is C12H15BrN4O. The first kappa shape index (κ1) is 12.9. The Morgan fingerprint density at radius 1 is 1.39 bits per heavy atom. The van der Waals surface area contributed by atoms with Crippen LogP contribution in [0.5, 0.6) is 5.75 Å². The van der Waals surface area contributed by atoms with Gasteiger partial charge in [0.15, 0.2) is 5.82 Å². The van der Waals surface area contributed by atoms with E-state index in [-0.39, 0.29) is 6.04 Å². The summed E-state index contributed by atoms with van der Waals surface area (Å²) < 4.78 is 8.40.